The maximum absolute atomic E-state index is 13.0. The zero-order valence-electron chi connectivity index (χ0n) is 9.35. The lowest BCUT2D eigenvalue weighted by Crippen LogP contribution is -2.10. The number of benzene rings is 1. The lowest BCUT2D eigenvalue weighted by atomic mass is 10.2. The Morgan fingerprint density at radius 2 is 2.12 bits per heavy atom. The van der Waals surface area contributed by atoms with Gasteiger partial charge in [0.15, 0.2) is 0 Å². The van der Waals surface area contributed by atoms with Crippen LogP contribution in [0, 0.1) is 12.7 Å². The Morgan fingerprint density at radius 3 is 2.76 bits per heavy atom. The van der Waals surface area contributed by atoms with E-state index in [2.05, 4.69) is 0 Å². The molecule has 0 unspecified atom stereocenters. The van der Waals surface area contributed by atoms with Gasteiger partial charge in [-0.3, -0.25) is 0 Å². The standard InChI is InChI=1S/C13H12FNO2/c1-9-5-6-12(13(16)17)15(9)8-10-3-2-4-11(14)7-10/h2-7H,8H2,1H3,(H,16,17). The Hall–Kier alpha value is -2.10. The van der Waals surface area contributed by atoms with Crippen molar-refractivity contribution in [3.05, 3.63) is 59.2 Å². The van der Waals surface area contributed by atoms with Crippen LogP contribution in [-0.2, 0) is 6.54 Å². The first-order valence-corrected chi connectivity index (χ1v) is 5.22. The summed E-state index contributed by atoms with van der Waals surface area (Å²) in [5, 5.41) is 9.02. The smallest absolute Gasteiger partial charge is 0.352 e. The van der Waals surface area contributed by atoms with E-state index in [1.165, 1.54) is 12.1 Å². The molecule has 2 rings (SSSR count). The first-order chi connectivity index (χ1) is 8.08. The fourth-order valence-electron chi connectivity index (χ4n) is 1.78. The summed E-state index contributed by atoms with van der Waals surface area (Å²) in [4.78, 5) is 11.0. The fourth-order valence-corrected chi connectivity index (χ4v) is 1.78. The highest BCUT2D eigenvalue weighted by Crippen LogP contribution is 2.13. The molecular weight excluding hydrogens is 221 g/mol. The zero-order valence-corrected chi connectivity index (χ0v) is 9.35. The molecule has 0 saturated carbocycles. The highest BCUT2D eigenvalue weighted by atomic mass is 19.1. The van der Waals surface area contributed by atoms with E-state index in [1.807, 2.05) is 6.92 Å². The van der Waals surface area contributed by atoms with Crippen LogP contribution in [0.15, 0.2) is 36.4 Å². The van der Waals surface area contributed by atoms with Gasteiger partial charge in [0.05, 0.1) is 0 Å². The van der Waals surface area contributed by atoms with Crippen LogP contribution in [0.4, 0.5) is 4.39 Å². The van der Waals surface area contributed by atoms with Crippen LogP contribution in [-0.4, -0.2) is 15.6 Å². The van der Waals surface area contributed by atoms with Crippen LogP contribution in [0.1, 0.15) is 21.7 Å². The van der Waals surface area contributed by atoms with Crippen molar-refractivity contribution in [1.82, 2.24) is 4.57 Å². The molecule has 0 fully saturated rings. The minimum Gasteiger partial charge on any atom is -0.477 e. The third kappa shape index (κ3) is 2.36. The first kappa shape index (κ1) is 11.4. The van der Waals surface area contributed by atoms with Gasteiger partial charge in [0, 0.05) is 12.2 Å². The van der Waals surface area contributed by atoms with E-state index < -0.39 is 5.97 Å². The number of carboxylic acid groups (broad SMARTS) is 1. The molecule has 3 nitrogen and oxygen atoms in total. The van der Waals surface area contributed by atoms with Gasteiger partial charge in [-0.1, -0.05) is 12.1 Å². The van der Waals surface area contributed by atoms with Gasteiger partial charge in [-0.25, -0.2) is 9.18 Å². The number of carboxylic acids is 1. The Labute approximate surface area is 98.1 Å². The molecule has 0 bridgehead atoms. The van der Waals surface area contributed by atoms with Crippen molar-refractivity contribution in [2.24, 2.45) is 0 Å². The van der Waals surface area contributed by atoms with Gasteiger partial charge in [-0.15, -0.1) is 0 Å². The third-order valence-electron chi connectivity index (χ3n) is 2.65. The van der Waals surface area contributed by atoms with Crippen LogP contribution in [0.2, 0.25) is 0 Å². The Morgan fingerprint density at radius 1 is 1.35 bits per heavy atom. The van der Waals surface area contributed by atoms with Crippen LogP contribution in [0.5, 0.6) is 0 Å². The van der Waals surface area contributed by atoms with E-state index in [-0.39, 0.29) is 11.5 Å². The zero-order chi connectivity index (χ0) is 12.4. The molecule has 0 aliphatic carbocycles. The quantitative estimate of drug-likeness (QED) is 0.885. The Balaban J connectivity index is 2.36. The molecule has 88 valence electrons. The molecule has 0 saturated heterocycles. The van der Waals surface area contributed by atoms with Crippen LogP contribution in [0.3, 0.4) is 0 Å². The molecule has 0 atom stereocenters. The normalized spacial score (nSPS) is 10.5. The number of nitrogens with zero attached hydrogens (tertiary/aromatic N) is 1. The van der Waals surface area contributed by atoms with Gasteiger partial charge >= 0.3 is 5.97 Å². The van der Waals surface area contributed by atoms with E-state index in [0.717, 1.165) is 11.3 Å². The first-order valence-electron chi connectivity index (χ1n) is 5.22. The summed E-state index contributed by atoms with van der Waals surface area (Å²) >= 11 is 0. The highest BCUT2D eigenvalue weighted by molar-refractivity contribution is 5.86. The number of hydrogen-bond acceptors (Lipinski definition) is 1. The maximum atomic E-state index is 13.0. The predicted octanol–water partition coefficient (Wildman–Crippen LogP) is 2.68. The summed E-state index contributed by atoms with van der Waals surface area (Å²) < 4.78 is 14.7. The molecule has 0 spiro atoms. The van der Waals surface area contributed by atoms with E-state index in [9.17, 15) is 9.18 Å². The SMILES string of the molecule is Cc1ccc(C(=O)O)n1Cc1cccc(F)c1. The number of aromatic nitrogens is 1. The van der Waals surface area contributed by atoms with Gasteiger partial charge in [0.25, 0.3) is 0 Å². The number of rotatable bonds is 3. The summed E-state index contributed by atoms with van der Waals surface area (Å²) in [6, 6.07) is 9.45. The van der Waals surface area contributed by atoms with Gasteiger partial charge in [-0.05, 0) is 36.8 Å². The summed E-state index contributed by atoms with van der Waals surface area (Å²) in [7, 11) is 0. The van der Waals surface area contributed by atoms with Gasteiger partial charge in [0.2, 0.25) is 0 Å². The van der Waals surface area contributed by atoms with E-state index in [0.29, 0.717) is 6.54 Å². The van der Waals surface area contributed by atoms with Gasteiger partial charge in [0.1, 0.15) is 11.5 Å². The average Bonchev–Trinajstić information content (AvgIpc) is 2.61. The lowest BCUT2D eigenvalue weighted by molar-refractivity contribution is 0.0685. The van der Waals surface area contributed by atoms with E-state index >= 15 is 0 Å². The molecule has 2 aromatic rings. The van der Waals surface area contributed by atoms with Crippen molar-refractivity contribution in [3.63, 3.8) is 0 Å². The molecule has 1 N–H and O–H groups in total. The summed E-state index contributed by atoms with van der Waals surface area (Å²) in [5.41, 5.74) is 1.80. The van der Waals surface area contributed by atoms with Crippen molar-refractivity contribution in [3.8, 4) is 0 Å². The summed E-state index contributed by atoms with van der Waals surface area (Å²) in [5.74, 6) is -1.29. The fraction of sp³-hybridized carbons (Fsp3) is 0.154. The summed E-state index contributed by atoms with van der Waals surface area (Å²) in [6.07, 6.45) is 0. The van der Waals surface area contributed by atoms with Gasteiger partial charge < -0.3 is 9.67 Å². The van der Waals surface area contributed by atoms with E-state index in [4.69, 9.17) is 5.11 Å². The molecule has 1 aromatic carbocycles. The second kappa shape index (κ2) is 4.41. The molecule has 4 heteroatoms. The molecule has 0 aliphatic heterocycles. The maximum Gasteiger partial charge on any atom is 0.352 e. The predicted molar refractivity (Wildman–Crippen MR) is 61.6 cm³/mol. The van der Waals surface area contributed by atoms with Crippen molar-refractivity contribution in [1.29, 1.82) is 0 Å². The third-order valence-corrected chi connectivity index (χ3v) is 2.65. The topological polar surface area (TPSA) is 42.2 Å². The molecule has 0 radical (unpaired) electrons. The number of hydrogen-bond donors (Lipinski definition) is 1. The van der Waals surface area contributed by atoms with Crippen LogP contribution < -0.4 is 0 Å². The second-order valence-corrected chi connectivity index (χ2v) is 3.88. The largest absolute Gasteiger partial charge is 0.477 e. The van der Waals surface area contributed by atoms with Crippen LogP contribution >= 0.6 is 0 Å². The molecule has 1 aromatic heterocycles. The van der Waals surface area contributed by atoms with Crippen molar-refractivity contribution < 1.29 is 14.3 Å². The molecule has 0 aliphatic rings. The highest BCUT2D eigenvalue weighted by Gasteiger charge is 2.11. The minimum absolute atomic E-state index is 0.215. The van der Waals surface area contributed by atoms with Crippen molar-refractivity contribution >= 4 is 5.97 Å². The van der Waals surface area contributed by atoms with Crippen molar-refractivity contribution in [2.75, 3.05) is 0 Å². The number of aromatic carboxylic acids is 1. The number of aryl methyl sites for hydroxylation is 1. The summed E-state index contributed by atoms with van der Waals surface area (Å²) in [6.45, 7) is 2.18. The van der Waals surface area contributed by atoms with Crippen molar-refractivity contribution in [2.45, 2.75) is 13.5 Å². The minimum atomic E-state index is -0.977. The second-order valence-electron chi connectivity index (χ2n) is 3.88. The molecule has 1 heterocycles. The van der Waals surface area contributed by atoms with Crippen LogP contribution in [0.25, 0.3) is 0 Å². The number of halogens is 1. The number of carbonyl (C=O) groups is 1. The monoisotopic (exact) mass is 233 g/mol. The Bertz CT molecular complexity index is 560. The van der Waals surface area contributed by atoms with E-state index in [1.54, 1.807) is 28.8 Å². The molecule has 17 heavy (non-hydrogen) atoms. The molecule has 0 amide bonds. The average molecular weight is 233 g/mol. The molecular formula is C13H12FNO2. The Kier molecular flexibility index (Phi) is 2.95. The lowest BCUT2D eigenvalue weighted by Gasteiger charge is -2.09. The van der Waals surface area contributed by atoms with Gasteiger partial charge in [-0.2, -0.15) is 0 Å².